The summed E-state index contributed by atoms with van der Waals surface area (Å²) < 4.78 is 17.5. The normalized spacial score (nSPS) is 26.5. The summed E-state index contributed by atoms with van der Waals surface area (Å²) in [5.74, 6) is -1.99. The van der Waals surface area contributed by atoms with E-state index < -0.39 is 32.3 Å². The molecule has 0 spiro atoms. The van der Waals surface area contributed by atoms with Crippen LogP contribution in [0.25, 0.3) is 0 Å². The number of urea groups is 1. The second-order valence-corrected chi connectivity index (χ2v) is 18.7. The number of nitrogens with one attached hydrogen (secondary N) is 1. The number of rotatable bonds is 13. The third-order valence-electron chi connectivity index (χ3n) is 8.67. The first-order chi connectivity index (χ1) is 19.5. The van der Waals surface area contributed by atoms with E-state index in [1.54, 1.807) is 4.90 Å². The number of nitrogens with zero attached hydrogens (tertiary/aromatic N) is 2. The van der Waals surface area contributed by atoms with Crippen LogP contribution >= 0.6 is 11.8 Å². The molecule has 0 unspecified atom stereocenters. The van der Waals surface area contributed by atoms with E-state index in [4.69, 9.17) is 19.6 Å². The van der Waals surface area contributed by atoms with Crippen LogP contribution in [0.4, 0.5) is 9.59 Å². The van der Waals surface area contributed by atoms with Gasteiger partial charge in [-0.05, 0) is 31.5 Å². The van der Waals surface area contributed by atoms with Crippen molar-refractivity contribution in [2.45, 2.75) is 82.6 Å². The van der Waals surface area contributed by atoms with E-state index >= 15 is 0 Å². The maximum Gasteiger partial charge on any atom is 0.410 e. The Morgan fingerprint density at radius 1 is 1.31 bits per heavy atom. The molecule has 0 radical (unpaired) electrons. The molecular weight excluding hydrogens is 580 g/mol. The lowest BCUT2D eigenvalue weighted by atomic mass is 9.79. The molecular formula is C28H46N4O8SSi. The van der Waals surface area contributed by atoms with E-state index in [1.165, 1.54) is 22.7 Å². The number of ether oxygens (including phenoxy) is 2. The highest BCUT2D eigenvalue weighted by Crippen LogP contribution is 2.53. The molecule has 42 heavy (non-hydrogen) atoms. The summed E-state index contributed by atoms with van der Waals surface area (Å²) in [6.07, 6.45) is 1.17. The maximum absolute atomic E-state index is 13.4. The average Bonchev–Trinajstić information content (AvgIpc) is 3.38. The summed E-state index contributed by atoms with van der Waals surface area (Å²) in [5, 5.41) is 12.5. The van der Waals surface area contributed by atoms with Crippen molar-refractivity contribution in [3.05, 3.63) is 23.3 Å². The Hall–Kier alpha value is -2.55. The van der Waals surface area contributed by atoms with E-state index in [0.29, 0.717) is 17.9 Å². The Kier molecular flexibility index (Phi) is 10.8. The minimum atomic E-state index is -2.15. The zero-order valence-corrected chi connectivity index (χ0v) is 27.5. The molecule has 0 aliphatic carbocycles. The van der Waals surface area contributed by atoms with E-state index in [0.717, 1.165) is 0 Å². The van der Waals surface area contributed by atoms with Crippen molar-refractivity contribution in [2.75, 3.05) is 32.9 Å². The number of aliphatic carboxylic acids is 1. The minimum Gasteiger partial charge on any atom is -0.477 e. The summed E-state index contributed by atoms with van der Waals surface area (Å²) in [5.41, 5.74) is 5.11. The summed E-state index contributed by atoms with van der Waals surface area (Å²) in [6, 6.07) is -1.26. The number of fused-ring (bicyclic) bond motifs is 1. The maximum atomic E-state index is 13.4. The summed E-state index contributed by atoms with van der Waals surface area (Å²) >= 11 is 1.41. The fraction of sp³-hybridized carbons (Fsp3) is 0.714. The number of nitrogens with two attached hydrogens (primary N) is 1. The van der Waals surface area contributed by atoms with Crippen LogP contribution in [0.1, 0.15) is 41.0 Å². The summed E-state index contributed by atoms with van der Waals surface area (Å²) in [4.78, 5) is 53.2. The minimum absolute atomic E-state index is 0.0243. The highest BCUT2D eigenvalue weighted by atomic mass is 32.2. The van der Waals surface area contributed by atoms with Crippen molar-refractivity contribution < 1.29 is 38.2 Å². The van der Waals surface area contributed by atoms with Gasteiger partial charge in [0.2, 0.25) is 5.91 Å². The number of likely N-dealkylation sites (tertiary alicyclic amines) is 1. The van der Waals surface area contributed by atoms with Crippen molar-refractivity contribution in [3.63, 3.8) is 0 Å². The second kappa shape index (κ2) is 13.4. The molecule has 0 aromatic rings. The Morgan fingerprint density at radius 3 is 2.55 bits per heavy atom. The number of hydrogen-bond acceptors (Lipinski definition) is 8. The molecule has 0 aromatic heterocycles. The number of hydrogen-bond donors (Lipinski definition) is 3. The van der Waals surface area contributed by atoms with Crippen LogP contribution in [0, 0.1) is 11.8 Å². The highest BCUT2D eigenvalue weighted by molar-refractivity contribution is 8.03. The van der Waals surface area contributed by atoms with Gasteiger partial charge in [0.1, 0.15) is 12.3 Å². The molecule has 4 N–H and O–H groups in total. The lowest BCUT2D eigenvalue weighted by Crippen LogP contribution is -2.65. The number of primary amides is 1. The van der Waals surface area contributed by atoms with Crippen LogP contribution < -0.4 is 11.1 Å². The first-order valence-corrected chi connectivity index (χ1v) is 18.1. The van der Waals surface area contributed by atoms with E-state index in [-0.39, 0.29) is 72.4 Å². The van der Waals surface area contributed by atoms with Crippen LogP contribution in [-0.2, 0) is 23.5 Å². The second-order valence-electron chi connectivity index (χ2n) is 12.6. The van der Waals surface area contributed by atoms with Gasteiger partial charge >= 0.3 is 18.1 Å². The summed E-state index contributed by atoms with van der Waals surface area (Å²) in [6.45, 7) is 19.2. The van der Waals surface area contributed by atoms with Crippen LogP contribution in [-0.4, -0.2) is 104 Å². The van der Waals surface area contributed by atoms with E-state index in [9.17, 15) is 24.3 Å². The van der Waals surface area contributed by atoms with Crippen molar-refractivity contribution in [3.8, 4) is 0 Å². The molecule has 2 saturated heterocycles. The van der Waals surface area contributed by atoms with Gasteiger partial charge in [-0.2, -0.15) is 0 Å². The molecule has 2 fully saturated rings. The van der Waals surface area contributed by atoms with Gasteiger partial charge in [-0.25, -0.2) is 14.4 Å². The highest BCUT2D eigenvalue weighted by Gasteiger charge is 2.61. The van der Waals surface area contributed by atoms with Crippen molar-refractivity contribution in [1.29, 1.82) is 0 Å². The third kappa shape index (κ3) is 7.14. The van der Waals surface area contributed by atoms with Gasteiger partial charge in [-0.15, -0.1) is 11.8 Å². The smallest absolute Gasteiger partial charge is 0.410 e. The average molecular weight is 627 g/mol. The van der Waals surface area contributed by atoms with E-state index in [1.807, 2.05) is 13.8 Å². The largest absolute Gasteiger partial charge is 0.477 e. The van der Waals surface area contributed by atoms with Crippen LogP contribution in [0.3, 0.4) is 0 Å². The molecule has 3 aliphatic heterocycles. The third-order valence-corrected chi connectivity index (χ3v) is 14.7. The van der Waals surface area contributed by atoms with Gasteiger partial charge in [0.25, 0.3) is 0 Å². The topological polar surface area (TPSA) is 161 Å². The quantitative estimate of drug-likeness (QED) is 0.121. The van der Waals surface area contributed by atoms with E-state index in [2.05, 4.69) is 45.8 Å². The molecule has 14 heteroatoms. The Balaban J connectivity index is 1.75. The Morgan fingerprint density at radius 2 is 1.98 bits per heavy atom. The molecule has 0 bridgehead atoms. The lowest BCUT2D eigenvalue weighted by Gasteiger charge is -2.50. The molecule has 4 amide bonds. The summed E-state index contributed by atoms with van der Waals surface area (Å²) in [7, 11) is -2.15. The number of carboxylic acids is 1. The molecule has 3 heterocycles. The number of carbonyl (C=O) groups excluding carboxylic acids is 3. The molecule has 0 aromatic carbocycles. The van der Waals surface area contributed by atoms with Gasteiger partial charge in [0.05, 0.1) is 37.3 Å². The molecule has 12 nitrogen and oxygen atoms in total. The zero-order valence-electron chi connectivity index (χ0n) is 25.7. The molecule has 236 valence electrons. The van der Waals surface area contributed by atoms with Crippen LogP contribution in [0.2, 0.25) is 18.1 Å². The van der Waals surface area contributed by atoms with Crippen molar-refractivity contribution >= 4 is 44.1 Å². The van der Waals surface area contributed by atoms with Gasteiger partial charge in [-0.1, -0.05) is 40.3 Å². The van der Waals surface area contributed by atoms with Gasteiger partial charge in [0.15, 0.2) is 8.32 Å². The number of amides is 4. The zero-order chi connectivity index (χ0) is 31.6. The fourth-order valence-electron chi connectivity index (χ4n) is 5.58. The monoisotopic (exact) mass is 626 g/mol. The lowest BCUT2D eigenvalue weighted by molar-refractivity contribution is -0.162. The predicted molar refractivity (Wildman–Crippen MR) is 162 cm³/mol. The fourth-order valence-corrected chi connectivity index (χ4v) is 8.57. The number of carbonyl (C=O) groups is 4. The SMILES string of the molecule is C=CCOC(=O)N1C[C@@H](SC2=C(C(=O)O)N3C(=O)[C@H]([C@@H](C)O[Si](C)(C)C(C)(C)C)[C@H]3[C@H]2C)C[C@H]1COCCNC(N)=O. The standard InChI is InChI=1S/C28H46N4O8SSi/c1-9-11-39-27(37)31-14-19(13-18(31)15-38-12-10-30-26(29)36)41-23-16(2)21-20(24(33)32(21)22(23)25(34)35)17(3)40-42(7,8)28(4,5)6/h9,16-21H,1,10-15H2,2-8H3,(H,34,35)(H3,29,30,36)/t16-,17-,18+,19+,20-,21-/m1/s1. The molecule has 3 aliphatic rings. The van der Waals surface area contributed by atoms with Gasteiger partial charge in [0, 0.05) is 29.2 Å². The number of thioether (sulfide) groups is 1. The van der Waals surface area contributed by atoms with Gasteiger partial charge < -0.3 is 39.9 Å². The first-order valence-electron chi connectivity index (χ1n) is 14.3. The van der Waals surface area contributed by atoms with Crippen molar-refractivity contribution in [1.82, 2.24) is 15.1 Å². The number of β-lactam (4-membered cyclic amide) rings is 1. The predicted octanol–water partition coefficient (Wildman–Crippen LogP) is 3.35. The number of carboxylic acid groups (broad SMARTS) is 1. The molecule has 0 saturated carbocycles. The first kappa shape index (κ1) is 33.9. The van der Waals surface area contributed by atoms with Crippen molar-refractivity contribution in [2.24, 2.45) is 17.6 Å². The Bertz CT molecular complexity index is 1110. The van der Waals surface area contributed by atoms with Crippen LogP contribution in [0.5, 0.6) is 0 Å². The molecule has 6 atom stereocenters. The molecule has 3 rings (SSSR count). The van der Waals surface area contributed by atoms with Crippen LogP contribution in [0.15, 0.2) is 23.3 Å². The Labute approximate surface area is 253 Å². The van der Waals surface area contributed by atoms with Gasteiger partial charge in [-0.3, -0.25) is 4.79 Å².